The number of benzene rings is 3. The first kappa shape index (κ1) is 21.5. The van der Waals surface area contributed by atoms with Crippen molar-refractivity contribution >= 4 is 50.9 Å². The van der Waals surface area contributed by atoms with Crippen molar-refractivity contribution in [1.82, 2.24) is 0 Å². The number of halogens is 3. The van der Waals surface area contributed by atoms with E-state index in [2.05, 4.69) is 5.32 Å². The minimum atomic E-state index is -4.03. The molecule has 4 nitrogen and oxygen atoms in total. The number of thioether (sulfide) groups is 1. The van der Waals surface area contributed by atoms with Crippen molar-refractivity contribution in [3.8, 4) is 0 Å². The summed E-state index contributed by atoms with van der Waals surface area (Å²) in [6.45, 7) is 0. The molecule has 0 radical (unpaired) electrons. The van der Waals surface area contributed by atoms with Gasteiger partial charge in [0.25, 0.3) is 5.91 Å². The highest BCUT2D eigenvalue weighted by Gasteiger charge is 2.25. The van der Waals surface area contributed by atoms with Gasteiger partial charge < -0.3 is 5.32 Å². The van der Waals surface area contributed by atoms with Gasteiger partial charge in [0.05, 0.1) is 21.2 Å². The van der Waals surface area contributed by atoms with Crippen molar-refractivity contribution in [3.05, 3.63) is 93.4 Å². The molecule has 0 spiro atoms. The molecule has 0 fully saturated rings. The third-order valence-electron chi connectivity index (χ3n) is 4.57. The molecule has 1 aliphatic heterocycles. The molecule has 1 N–H and O–H groups in total. The van der Waals surface area contributed by atoms with Gasteiger partial charge in [0.15, 0.2) is 9.84 Å². The second-order valence-electron chi connectivity index (χ2n) is 6.73. The van der Waals surface area contributed by atoms with Crippen molar-refractivity contribution < 1.29 is 22.0 Å². The maximum Gasteiger partial charge on any atom is 0.262 e. The van der Waals surface area contributed by atoms with Crippen molar-refractivity contribution in [2.45, 2.75) is 15.5 Å². The number of carbonyl (C=O) groups excluding carboxylic acids is 1. The fraction of sp³-hybridized carbons (Fsp3) is 0.0455. The van der Waals surface area contributed by atoms with Crippen LogP contribution >= 0.6 is 23.4 Å². The number of anilines is 1. The van der Waals surface area contributed by atoms with E-state index in [1.165, 1.54) is 24.3 Å². The molecule has 0 bridgehead atoms. The number of carbonyl (C=O) groups is 1. The summed E-state index contributed by atoms with van der Waals surface area (Å²) < 4.78 is 53.5. The van der Waals surface area contributed by atoms with Crippen LogP contribution in [0.4, 0.5) is 14.5 Å². The molecular formula is C22H14ClF2NO3S2. The summed E-state index contributed by atoms with van der Waals surface area (Å²) >= 11 is 6.99. The lowest BCUT2D eigenvalue weighted by molar-refractivity contribution is -0.112. The zero-order valence-corrected chi connectivity index (χ0v) is 18.1. The zero-order valence-electron chi connectivity index (χ0n) is 15.7. The topological polar surface area (TPSA) is 63.2 Å². The molecule has 31 heavy (non-hydrogen) atoms. The highest BCUT2D eigenvalue weighted by Crippen LogP contribution is 2.40. The molecule has 9 heteroatoms. The van der Waals surface area contributed by atoms with Gasteiger partial charge in [-0.3, -0.25) is 4.79 Å². The molecule has 4 rings (SSSR count). The van der Waals surface area contributed by atoms with Crippen molar-refractivity contribution in [2.75, 3.05) is 5.32 Å². The van der Waals surface area contributed by atoms with E-state index in [9.17, 15) is 22.0 Å². The van der Waals surface area contributed by atoms with E-state index >= 15 is 0 Å². The first-order chi connectivity index (χ1) is 14.7. The van der Waals surface area contributed by atoms with E-state index in [1.807, 2.05) is 0 Å². The molecule has 0 saturated heterocycles. The van der Waals surface area contributed by atoms with Crippen LogP contribution in [0.2, 0.25) is 5.02 Å². The molecule has 0 aliphatic carbocycles. The van der Waals surface area contributed by atoms with Gasteiger partial charge in [-0.05, 0) is 54.1 Å². The van der Waals surface area contributed by atoms with E-state index in [-0.39, 0.29) is 10.8 Å². The van der Waals surface area contributed by atoms with Crippen molar-refractivity contribution in [1.29, 1.82) is 0 Å². The van der Waals surface area contributed by atoms with Gasteiger partial charge in [0.1, 0.15) is 11.6 Å². The van der Waals surface area contributed by atoms with Crippen molar-refractivity contribution in [2.24, 2.45) is 0 Å². The number of amides is 1. The van der Waals surface area contributed by atoms with Gasteiger partial charge in [-0.15, -0.1) is 0 Å². The van der Waals surface area contributed by atoms with Gasteiger partial charge in [0, 0.05) is 15.5 Å². The normalized spacial score (nSPS) is 14.9. The maximum atomic E-state index is 13.9. The minimum absolute atomic E-state index is 0.0941. The van der Waals surface area contributed by atoms with Crippen LogP contribution in [0.3, 0.4) is 0 Å². The molecule has 1 heterocycles. The van der Waals surface area contributed by atoms with Crippen LogP contribution in [0.15, 0.2) is 75.4 Å². The number of hydrogen-bond acceptors (Lipinski definition) is 4. The summed E-state index contributed by atoms with van der Waals surface area (Å²) in [6.07, 6.45) is 1.66. The average molecular weight is 478 g/mol. The summed E-state index contributed by atoms with van der Waals surface area (Å²) in [6, 6.07) is 14.3. The number of fused-ring (bicyclic) bond motifs is 1. The second kappa shape index (κ2) is 8.45. The van der Waals surface area contributed by atoms with E-state index in [0.717, 1.165) is 29.5 Å². The number of rotatable bonds is 4. The lowest BCUT2D eigenvalue weighted by Gasteiger charge is -2.19. The fourth-order valence-corrected chi connectivity index (χ4v) is 5.57. The Morgan fingerprint density at radius 2 is 1.68 bits per heavy atom. The lowest BCUT2D eigenvalue weighted by atomic mass is 10.2. The van der Waals surface area contributed by atoms with Gasteiger partial charge in [-0.2, -0.15) is 0 Å². The summed E-state index contributed by atoms with van der Waals surface area (Å²) in [7, 11) is -4.03. The molecule has 0 saturated carbocycles. The number of nitrogens with one attached hydrogen (secondary N) is 1. The molecular weight excluding hydrogens is 464 g/mol. The van der Waals surface area contributed by atoms with Gasteiger partial charge >= 0.3 is 0 Å². The van der Waals surface area contributed by atoms with E-state index in [4.69, 9.17) is 11.6 Å². The molecule has 3 aromatic rings. The minimum Gasteiger partial charge on any atom is -0.320 e. The SMILES string of the molecule is O=C1Nc2ccc(S(=O)(=O)Cc3c(F)cccc3F)cc2S/C1=C/c1ccc(Cl)cc1. The van der Waals surface area contributed by atoms with Crippen LogP contribution in [-0.2, 0) is 20.4 Å². The first-order valence-electron chi connectivity index (χ1n) is 8.99. The first-order valence-corrected chi connectivity index (χ1v) is 11.8. The highest BCUT2D eigenvalue weighted by atomic mass is 35.5. The number of sulfone groups is 1. The molecule has 0 aromatic heterocycles. The van der Waals surface area contributed by atoms with E-state index in [1.54, 1.807) is 30.3 Å². The fourth-order valence-electron chi connectivity index (χ4n) is 2.98. The Kier molecular flexibility index (Phi) is 5.88. The summed E-state index contributed by atoms with van der Waals surface area (Å²) in [5.74, 6) is -2.97. The van der Waals surface area contributed by atoms with Crippen molar-refractivity contribution in [3.63, 3.8) is 0 Å². The lowest BCUT2D eigenvalue weighted by Crippen LogP contribution is -2.18. The third-order valence-corrected chi connectivity index (χ3v) is 7.54. The summed E-state index contributed by atoms with van der Waals surface area (Å²) in [5, 5.41) is 3.28. The Morgan fingerprint density at radius 3 is 2.35 bits per heavy atom. The monoisotopic (exact) mass is 477 g/mol. The second-order valence-corrected chi connectivity index (χ2v) is 10.2. The Hall–Kier alpha value is -2.68. The largest absolute Gasteiger partial charge is 0.320 e. The van der Waals surface area contributed by atoms with Gasteiger partial charge in [-0.1, -0.05) is 41.6 Å². The van der Waals surface area contributed by atoms with Crippen LogP contribution in [0, 0.1) is 11.6 Å². The zero-order chi connectivity index (χ0) is 22.2. The Bertz CT molecular complexity index is 1300. The van der Waals surface area contributed by atoms with Crippen LogP contribution in [-0.4, -0.2) is 14.3 Å². The Labute approximate surface area is 186 Å². The molecule has 0 atom stereocenters. The predicted molar refractivity (Wildman–Crippen MR) is 118 cm³/mol. The Morgan fingerprint density at radius 1 is 1.00 bits per heavy atom. The van der Waals surface area contributed by atoms with Gasteiger partial charge in [0.2, 0.25) is 0 Å². The molecule has 0 unspecified atom stereocenters. The van der Waals surface area contributed by atoms with Crippen LogP contribution in [0.25, 0.3) is 6.08 Å². The third kappa shape index (κ3) is 4.66. The van der Waals surface area contributed by atoms with Gasteiger partial charge in [-0.25, -0.2) is 17.2 Å². The molecule has 158 valence electrons. The van der Waals surface area contributed by atoms with E-state index < -0.39 is 32.8 Å². The summed E-state index contributed by atoms with van der Waals surface area (Å²) in [5.41, 5.74) is 0.702. The summed E-state index contributed by atoms with van der Waals surface area (Å²) in [4.78, 5) is 13.2. The van der Waals surface area contributed by atoms with E-state index in [0.29, 0.717) is 20.5 Å². The quantitative estimate of drug-likeness (QED) is 0.491. The maximum absolute atomic E-state index is 13.9. The predicted octanol–water partition coefficient (Wildman–Crippen LogP) is 5.68. The average Bonchev–Trinajstić information content (AvgIpc) is 2.73. The Balaban J connectivity index is 1.65. The van der Waals surface area contributed by atoms with Crippen LogP contribution in [0.1, 0.15) is 11.1 Å². The number of hydrogen-bond donors (Lipinski definition) is 1. The van der Waals surface area contributed by atoms with Crippen LogP contribution < -0.4 is 5.32 Å². The smallest absolute Gasteiger partial charge is 0.262 e. The van der Waals surface area contributed by atoms with Crippen LogP contribution in [0.5, 0.6) is 0 Å². The molecule has 1 aliphatic rings. The standard InChI is InChI=1S/C22H14ClF2NO3S2/c23-14-6-4-13(5-7-14)10-21-22(27)26-19-9-8-15(11-20(19)30-21)31(28,29)12-16-17(24)2-1-3-18(16)25/h1-11H,12H2,(H,26,27)/b21-10+. The molecule has 3 aromatic carbocycles. The highest BCUT2D eigenvalue weighted by molar-refractivity contribution is 8.04. The molecule has 1 amide bonds.